The van der Waals surface area contributed by atoms with Gasteiger partial charge in [-0.05, 0) is 31.8 Å². The SMILES string of the molecule is Cl.Clc1cc(OCC2CCNCC2)nc(N2CCOCC2)n1. The van der Waals surface area contributed by atoms with E-state index < -0.39 is 0 Å². The average molecular weight is 349 g/mol. The molecular formula is C14H22Cl2N4O2. The second-order valence-electron chi connectivity index (χ2n) is 5.43. The fraction of sp³-hybridized carbons (Fsp3) is 0.714. The third-order valence-corrected chi connectivity index (χ3v) is 4.07. The van der Waals surface area contributed by atoms with E-state index in [2.05, 4.69) is 20.2 Å². The summed E-state index contributed by atoms with van der Waals surface area (Å²) in [5.74, 6) is 1.79. The molecule has 6 nitrogen and oxygen atoms in total. The molecule has 0 radical (unpaired) electrons. The summed E-state index contributed by atoms with van der Waals surface area (Å²) in [6.45, 7) is 5.79. The summed E-state index contributed by atoms with van der Waals surface area (Å²) < 4.78 is 11.2. The molecule has 2 saturated heterocycles. The van der Waals surface area contributed by atoms with E-state index in [1.165, 1.54) is 0 Å². The number of morpholine rings is 1. The molecule has 3 rings (SSSR count). The van der Waals surface area contributed by atoms with Crippen LogP contribution in [0.15, 0.2) is 6.07 Å². The zero-order valence-electron chi connectivity index (χ0n) is 12.5. The zero-order valence-corrected chi connectivity index (χ0v) is 14.0. The number of piperidine rings is 1. The predicted octanol–water partition coefficient (Wildman–Crippen LogP) is 1.77. The summed E-state index contributed by atoms with van der Waals surface area (Å²) in [6.07, 6.45) is 2.30. The van der Waals surface area contributed by atoms with E-state index in [0.29, 0.717) is 42.7 Å². The molecule has 1 aromatic rings. The van der Waals surface area contributed by atoms with E-state index in [-0.39, 0.29) is 12.4 Å². The van der Waals surface area contributed by atoms with Crippen molar-refractivity contribution in [1.29, 1.82) is 0 Å². The highest BCUT2D eigenvalue weighted by atomic mass is 35.5. The largest absolute Gasteiger partial charge is 0.477 e. The molecule has 0 bridgehead atoms. The third-order valence-electron chi connectivity index (χ3n) is 3.88. The molecule has 2 aliphatic rings. The number of nitrogens with one attached hydrogen (secondary N) is 1. The maximum atomic E-state index is 6.09. The molecule has 0 atom stereocenters. The van der Waals surface area contributed by atoms with Gasteiger partial charge >= 0.3 is 0 Å². The smallest absolute Gasteiger partial charge is 0.230 e. The van der Waals surface area contributed by atoms with Crippen molar-refractivity contribution in [1.82, 2.24) is 15.3 Å². The first-order valence-corrected chi connectivity index (χ1v) is 7.90. The van der Waals surface area contributed by atoms with Crippen molar-refractivity contribution >= 4 is 30.0 Å². The van der Waals surface area contributed by atoms with Crippen molar-refractivity contribution in [2.75, 3.05) is 50.9 Å². The Morgan fingerprint density at radius 3 is 2.73 bits per heavy atom. The molecule has 22 heavy (non-hydrogen) atoms. The molecule has 0 aliphatic carbocycles. The topological polar surface area (TPSA) is 59.5 Å². The molecular weight excluding hydrogens is 327 g/mol. The Bertz CT molecular complexity index is 466. The Balaban J connectivity index is 0.00000176. The summed E-state index contributed by atoms with van der Waals surface area (Å²) in [4.78, 5) is 10.8. The lowest BCUT2D eigenvalue weighted by Crippen LogP contribution is -2.37. The van der Waals surface area contributed by atoms with Crippen LogP contribution < -0.4 is 15.0 Å². The Labute approximate surface area is 142 Å². The fourth-order valence-corrected chi connectivity index (χ4v) is 2.78. The lowest BCUT2D eigenvalue weighted by Gasteiger charge is -2.27. The molecule has 1 N–H and O–H groups in total. The highest BCUT2D eigenvalue weighted by molar-refractivity contribution is 6.29. The first-order valence-electron chi connectivity index (χ1n) is 7.52. The van der Waals surface area contributed by atoms with Gasteiger partial charge in [-0.3, -0.25) is 0 Å². The Hall–Kier alpha value is -0.820. The van der Waals surface area contributed by atoms with Crippen molar-refractivity contribution < 1.29 is 9.47 Å². The van der Waals surface area contributed by atoms with Crippen LogP contribution in [0.4, 0.5) is 5.95 Å². The van der Waals surface area contributed by atoms with Gasteiger partial charge in [0.1, 0.15) is 5.15 Å². The second kappa shape index (κ2) is 8.72. The van der Waals surface area contributed by atoms with Crippen molar-refractivity contribution in [2.24, 2.45) is 5.92 Å². The fourth-order valence-electron chi connectivity index (χ4n) is 2.62. The Morgan fingerprint density at radius 1 is 1.27 bits per heavy atom. The van der Waals surface area contributed by atoms with Crippen LogP contribution in [0.1, 0.15) is 12.8 Å². The normalized spacial score (nSPS) is 19.6. The monoisotopic (exact) mass is 348 g/mol. The van der Waals surface area contributed by atoms with Crippen molar-refractivity contribution in [2.45, 2.75) is 12.8 Å². The molecule has 0 aromatic carbocycles. The van der Waals surface area contributed by atoms with Gasteiger partial charge in [-0.1, -0.05) is 11.6 Å². The average Bonchev–Trinajstić information content (AvgIpc) is 2.54. The minimum Gasteiger partial charge on any atom is -0.477 e. The van der Waals surface area contributed by atoms with Crippen molar-refractivity contribution in [3.63, 3.8) is 0 Å². The van der Waals surface area contributed by atoms with E-state index in [1.54, 1.807) is 6.07 Å². The van der Waals surface area contributed by atoms with Gasteiger partial charge in [0.2, 0.25) is 11.8 Å². The number of anilines is 1. The van der Waals surface area contributed by atoms with Gasteiger partial charge in [0.05, 0.1) is 19.8 Å². The maximum absolute atomic E-state index is 6.09. The van der Waals surface area contributed by atoms with Gasteiger partial charge in [-0.15, -0.1) is 12.4 Å². The van der Waals surface area contributed by atoms with Crippen LogP contribution in [0.25, 0.3) is 0 Å². The molecule has 8 heteroatoms. The van der Waals surface area contributed by atoms with E-state index in [1.807, 2.05) is 0 Å². The maximum Gasteiger partial charge on any atom is 0.230 e. The van der Waals surface area contributed by atoms with Gasteiger partial charge in [0.25, 0.3) is 0 Å². The van der Waals surface area contributed by atoms with Crippen LogP contribution in [0, 0.1) is 5.92 Å². The van der Waals surface area contributed by atoms with E-state index >= 15 is 0 Å². The van der Waals surface area contributed by atoms with E-state index in [9.17, 15) is 0 Å². The van der Waals surface area contributed by atoms with Crippen molar-refractivity contribution in [3.8, 4) is 5.88 Å². The van der Waals surface area contributed by atoms with Crippen LogP contribution >= 0.6 is 24.0 Å². The number of aromatic nitrogens is 2. The van der Waals surface area contributed by atoms with Crippen LogP contribution in [0.2, 0.25) is 5.15 Å². The van der Waals surface area contributed by atoms with E-state index in [4.69, 9.17) is 21.1 Å². The molecule has 2 fully saturated rings. The summed E-state index contributed by atoms with van der Waals surface area (Å²) >= 11 is 6.09. The molecule has 0 saturated carbocycles. The predicted molar refractivity (Wildman–Crippen MR) is 88.4 cm³/mol. The summed E-state index contributed by atoms with van der Waals surface area (Å²) in [5.41, 5.74) is 0. The number of hydrogen-bond acceptors (Lipinski definition) is 6. The standard InChI is InChI=1S/C14H21ClN4O2.ClH/c15-12-9-13(21-10-11-1-3-16-4-2-11)18-14(17-12)19-5-7-20-8-6-19;/h9,11,16H,1-8,10H2;1H. The van der Waals surface area contributed by atoms with Crippen LogP contribution in [0.3, 0.4) is 0 Å². The number of halogens is 2. The Kier molecular flexibility index (Phi) is 6.95. The van der Waals surface area contributed by atoms with Gasteiger partial charge in [0.15, 0.2) is 0 Å². The zero-order chi connectivity index (χ0) is 14.5. The minimum absolute atomic E-state index is 0. The lowest BCUT2D eigenvalue weighted by atomic mass is 9.99. The molecule has 1 aromatic heterocycles. The number of nitrogens with zero attached hydrogens (tertiary/aromatic N) is 3. The molecule has 0 spiro atoms. The summed E-state index contributed by atoms with van der Waals surface area (Å²) in [5, 5.41) is 3.78. The summed E-state index contributed by atoms with van der Waals surface area (Å²) in [7, 11) is 0. The number of hydrogen-bond donors (Lipinski definition) is 1. The van der Waals surface area contributed by atoms with Crippen molar-refractivity contribution in [3.05, 3.63) is 11.2 Å². The third kappa shape index (κ3) is 4.84. The van der Waals surface area contributed by atoms with Crippen LogP contribution in [-0.2, 0) is 4.74 Å². The minimum atomic E-state index is 0. The molecule has 3 heterocycles. The number of ether oxygens (including phenoxy) is 2. The molecule has 0 unspecified atom stereocenters. The van der Waals surface area contributed by atoms with Gasteiger partial charge in [-0.25, -0.2) is 4.98 Å². The quantitative estimate of drug-likeness (QED) is 0.836. The summed E-state index contributed by atoms with van der Waals surface area (Å²) in [6, 6.07) is 1.69. The first kappa shape index (κ1) is 17.5. The molecule has 0 amide bonds. The number of rotatable bonds is 4. The Morgan fingerprint density at radius 2 is 2.00 bits per heavy atom. The second-order valence-corrected chi connectivity index (χ2v) is 5.82. The van der Waals surface area contributed by atoms with E-state index in [0.717, 1.165) is 39.0 Å². The molecule has 2 aliphatic heterocycles. The van der Waals surface area contributed by atoms with Crippen LogP contribution in [0.5, 0.6) is 5.88 Å². The first-order chi connectivity index (χ1) is 10.3. The van der Waals surface area contributed by atoms with Gasteiger partial charge < -0.3 is 19.7 Å². The lowest BCUT2D eigenvalue weighted by molar-refractivity contribution is 0.122. The van der Waals surface area contributed by atoms with Gasteiger partial charge in [-0.2, -0.15) is 4.98 Å². The van der Waals surface area contributed by atoms with Gasteiger partial charge in [0, 0.05) is 19.2 Å². The highest BCUT2D eigenvalue weighted by Crippen LogP contribution is 2.21. The van der Waals surface area contributed by atoms with Crippen LogP contribution in [-0.4, -0.2) is 56.0 Å². The molecule has 124 valence electrons. The highest BCUT2D eigenvalue weighted by Gasteiger charge is 2.17.